The molecule has 3 aromatic rings. The zero-order valence-corrected chi connectivity index (χ0v) is 17.6. The highest BCUT2D eigenvalue weighted by Gasteiger charge is 2.67. The number of nitrogens with zero attached hydrogens (tertiary/aromatic N) is 1. The summed E-state index contributed by atoms with van der Waals surface area (Å²) < 4.78 is 10.9. The zero-order valence-electron chi connectivity index (χ0n) is 17.6. The standard InChI is InChI=1S/C27H21NO4/c1-2-27-18-9-5-3-7-16(18)22(17-8-4-6-10-19(17)27)23-24(27)26(30)28(25(23)29)15-11-12-20-21(13-15)32-14-31-20/h3-13,22-24H,2,14H2,1H3/t22?,23-,24+,27?/m1/s1. The molecule has 3 aliphatic carbocycles. The van der Waals surface area contributed by atoms with E-state index < -0.39 is 17.3 Å². The number of carbonyl (C=O) groups is 2. The lowest BCUT2D eigenvalue weighted by atomic mass is 9.46. The van der Waals surface area contributed by atoms with Gasteiger partial charge in [-0.25, -0.2) is 4.90 Å². The second-order valence-corrected chi connectivity index (χ2v) is 9.03. The number of hydrogen-bond acceptors (Lipinski definition) is 4. The summed E-state index contributed by atoms with van der Waals surface area (Å²) in [5.41, 5.74) is 4.80. The molecule has 8 rings (SSSR count). The van der Waals surface area contributed by atoms with Gasteiger partial charge in [0.05, 0.1) is 17.5 Å². The van der Waals surface area contributed by atoms with Gasteiger partial charge in [-0.05, 0) is 40.8 Å². The van der Waals surface area contributed by atoms with Gasteiger partial charge in [0.2, 0.25) is 18.6 Å². The van der Waals surface area contributed by atoms with E-state index in [9.17, 15) is 9.59 Å². The molecule has 0 N–H and O–H groups in total. The van der Waals surface area contributed by atoms with E-state index in [0.29, 0.717) is 17.2 Å². The summed E-state index contributed by atoms with van der Waals surface area (Å²) in [4.78, 5) is 29.4. The molecule has 2 amide bonds. The normalized spacial score (nSPS) is 28.5. The van der Waals surface area contributed by atoms with Gasteiger partial charge in [-0.15, -0.1) is 0 Å². The first-order valence-corrected chi connectivity index (χ1v) is 11.1. The first kappa shape index (κ1) is 18.0. The number of rotatable bonds is 2. The lowest BCUT2D eigenvalue weighted by Crippen LogP contribution is -2.53. The predicted molar refractivity (Wildman–Crippen MR) is 118 cm³/mol. The molecular formula is C27H21NO4. The smallest absolute Gasteiger partial charge is 0.238 e. The fourth-order valence-electron chi connectivity index (χ4n) is 6.81. The Morgan fingerprint density at radius 2 is 1.53 bits per heavy atom. The van der Waals surface area contributed by atoms with Crippen LogP contribution in [0.15, 0.2) is 66.7 Å². The van der Waals surface area contributed by atoms with Crippen molar-refractivity contribution in [2.24, 2.45) is 11.8 Å². The highest BCUT2D eigenvalue weighted by atomic mass is 16.7. The second kappa shape index (κ2) is 6.00. The van der Waals surface area contributed by atoms with E-state index in [0.717, 1.165) is 6.42 Å². The van der Waals surface area contributed by atoms with Crippen molar-refractivity contribution < 1.29 is 19.1 Å². The van der Waals surface area contributed by atoms with Gasteiger partial charge in [-0.2, -0.15) is 0 Å². The third-order valence-corrected chi connectivity index (χ3v) is 7.97. The minimum Gasteiger partial charge on any atom is -0.454 e. The van der Waals surface area contributed by atoms with E-state index in [4.69, 9.17) is 9.47 Å². The van der Waals surface area contributed by atoms with E-state index in [1.807, 2.05) is 24.3 Å². The maximum Gasteiger partial charge on any atom is 0.238 e. The predicted octanol–water partition coefficient (Wildman–Crippen LogP) is 4.38. The Balaban J connectivity index is 1.47. The lowest BCUT2D eigenvalue weighted by Gasteiger charge is -2.54. The first-order valence-electron chi connectivity index (χ1n) is 11.1. The van der Waals surface area contributed by atoms with E-state index in [1.165, 1.54) is 27.2 Å². The van der Waals surface area contributed by atoms with Crippen LogP contribution in [0, 0.1) is 11.8 Å². The number of hydrogen-bond donors (Lipinski definition) is 0. The molecule has 5 nitrogen and oxygen atoms in total. The number of amides is 2. The Labute approximate surface area is 185 Å². The number of anilines is 1. The van der Waals surface area contributed by atoms with Crippen molar-refractivity contribution in [3.8, 4) is 11.5 Å². The molecule has 0 unspecified atom stereocenters. The maximum atomic E-state index is 14.1. The molecule has 158 valence electrons. The Morgan fingerprint density at radius 3 is 2.22 bits per heavy atom. The summed E-state index contributed by atoms with van der Waals surface area (Å²) in [5.74, 6) is 0.0301. The summed E-state index contributed by atoms with van der Waals surface area (Å²) in [6, 6.07) is 22.0. The summed E-state index contributed by atoms with van der Waals surface area (Å²) in [6.45, 7) is 2.29. The monoisotopic (exact) mass is 423 g/mol. The van der Waals surface area contributed by atoms with Crippen molar-refractivity contribution in [3.63, 3.8) is 0 Å². The number of benzene rings is 3. The molecule has 5 aliphatic rings. The van der Waals surface area contributed by atoms with Crippen LogP contribution in [0.1, 0.15) is 41.5 Å². The summed E-state index contributed by atoms with van der Waals surface area (Å²) in [5, 5.41) is 0. The van der Waals surface area contributed by atoms with Crippen LogP contribution in [0.25, 0.3) is 0 Å². The molecule has 32 heavy (non-hydrogen) atoms. The van der Waals surface area contributed by atoms with Crippen LogP contribution in [0.5, 0.6) is 11.5 Å². The lowest BCUT2D eigenvalue weighted by molar-refractivity contribution is -0.123. The second-order valence-electron chi connectivity index (χ2n) is 9.03. The van der Waals surface area contributed by atoms with Crippen LogP contribution in [0.2, 0.25) is 0 Å². The van der Waals surface area contributed by atoms with Gasteiger partial charge in [0.15, 0.2) is 11.5 Å². The molecule has 2 heterocycles. The average molecular weight is 423 g/mol. The fourth-order valence-corrected chi connectivity index (χ4v) is 6.81. The van der Waals surface area contributed by atoms with Crippen molar-refractivity contribution in [2.45, 2.75) is 24.7 Å². The third kappa shape index (κ3) is 1.91. The maximum absolute atomic E-state index is 14.1. The van der Waals surface area contributed by atoms with E-state index >= 15 is 0 Å². The van der Waals surface area contributed by atoms with Gasteiger partial charge in [0.1, 0.15) is 0 Å². The molecule has 0 aromatic heterocycles. The Morgan fingerprint density at radius 1 is 0.875 bits per heavy atom. The first-order chi connectivity index (χ1) is 15.7. The van der Waals surface area contributed by atoms with Crippen molar-refractivity contribution in [3.05, 3.63) is 89.0 Å². The van der Waals surface area contributed by atoms with Gasteiger partial charge in [0.25, 0.3) is 0 Å². The quantitative estimate of drug-likeness (QED) is 0.574. The number of carbonyl (C=O) groups excluding carboxylic acids is 2. The van der Waals surface area contributed by atoms with Crippen molar-refractivity contribution in [2.75, 3.05) is 11.7 Å². The third-order valence-electron chi connectivity index (χ3n) is 7.97. The van der Waals surface area contributed by atoms with Gasteiger partial charge >= 0.3 is 0 Å². The molecule has 0 radical (unpaired) electrons. The van der Waals surface area contributed by atoms with Gasteiger partial charge < -0.3 is 9.47 Å². The fraction of sp³-hybridized carbons (Fsp3) is 0.259. The van der Waals surface area contributed by atoms with Crippen molar-refractivity contribution in [1.82, 2.24) is 0 Å². The molecule has 3 aromatic carbocycles. The minimum atomic E-state index is -0.509. The minimum absolute atomic E-state index is 0.115. The molecule has 1 saturated heterocycles. The average Bonchev–Trinajstić information content (AvgIpc) is 3.41. The van der Waals surface area contributed by atoms with Gasteiger partial charge in [0, 0.05) is 17.4 Å². The Hall–Kier alpha value is -3.60. The van der Waals surface area contributed by atoms with Crippen LogP contribution in [0.3, 0.4) is 0 Å². The van der Waals surface area contributed by atoms with Crippen LogP contribution in [0.4, 0.5) is 5.69 Å². The van der Waals surface area contributed by atoms with E-state index in [1.54, 1.807) is 18.2 Å². The molecule has 2 bridgehead atoms. The van der Waals surface area contributed by atoms with Crippen LogP contribution >= 0.6 is 0 Å². The van der Waals surface area contributed by atoms with Gasteiger partial charge in [-0.3, -0.25) is 9.59 Å². The molecule has 2 atom stereocenters. The highest BCUT2D eigenvalue weighted by molar-refractivity contribution is 6.23. The molecule has 0 saturated carbocycles. The van der Waals surface area contributed by atoms with Crippen LogP contribution in [-0.2, 0) is 15.0 Å². The number of imide groups is 1. The van der Waals surface area contributed by atoms with Crippen LogP contribution < -0.4 is 14.4 Å². The summed E-state index contributed by atoms with van der Waals surface area (Å²) >= 11 is 0. The number of ether oxygens (including phenoxy) is 2. The van der Waals surface area contributed by atoms with Crippen molar-refractivity contribution in [1.29, 1.82) is 0 Å². The molecular weight excluding hydrogens is 402 g/mol. The molecule has 0 spiro atoms. The zero-order chi connectivity index (χ0) is 21.6. The molecule has 2 aliphatic heterocycles. The highest BCUT2D eigenvalue weighted by Crippen LogP contribution is 2.65. The molecule has 5 heteroatoms. The van der Waals surface area contributed by atoms with Crippen LogP contribution in [-0.4, -0.2) is 18.6 Å². The van der Waals surface area contributed by atoms with E-state index in [2.05, 4.69) is 31.2 Å². The largest absolute Gasteiger partial charge is 0.454 e. The van der Waals surface area contributed by atoms with Crippen molar-refractivity contribution >= 4 is 17.5 Å². The Kier molecular flexibility index (Phi) is 3.38. The Bertz CT molecular complexity index is 1280. The SMILES string of the molecule is CCC12c3ccccc3C(c3ccccc31)[C@H]1C(=O)N(c3ccc4c(c3)OCO4)C(=O)[C@H]12. The topological polar surface area (TPSA) is 55.8 Å². The summed E-state index contributed by atoms with van der Waals surface area (Å²) in [7, 11) is 0. The summed E-state index contributed by atoms with van der Waals surface area (Å²) in [6.07, 6.45) is 0.753. The molecule has 1 fully saturated rings. The van der Waals surface area contributed by atoms with Gasteiger partial charge in [-0.1, -0.05) is 55.5 Å². The van der Waals surface area contributed by atoms with E-state index in [-0.39, 0.29) is 24.5 Å². The number of fused-ring (bicyclic) bond motifs is 1.